The van der Waals surface area contributed by atoms with Crippen molar-refractivity contribution >= 4 is 12.0 Å². The van der Waals surface area contributed by atoms with E-state index in [0.29, 0.717) is 0 Å². The summed E-state index contributed by atoms with van der Waals surface area (Å²) in [5.74, 6) is -0.0350. The van der Waals surface area contributed by atoms with E-state index in [2.05, 4.69) is 0 Å². The SMILES string of the molecule is Cc1cc(C=CC(=O)O)cc(C)c1OC1CCOCC1. The van der Waals surface area contributed by atoms with Crippen LogP contribution in [0.4, 0.5) is 0 Å². The number of hydrogen-bond donors (Lipinski definition) is 1. The Morgan fingerprint density at radius 2 is 1.90 bits per heavy atom. The summed E-state index contributed by atoms with van der Waals surface area (Å²) < 4.78 is 11.4. The van der Waals surface area contributed by atoms with Crippen LogP contribution in [0.1, 0.15) is 29.5 Å². The molecule has 0 aliphatic carbocycles. The van der Waals surface area contributed by atoms with E-state index in [1.165, 1.54) is 0 Å². The second-order valence-corrected chi connectivity index (χ2v) is 5.08. The molecule has 1 aromatic carbocycles. The molecule has 0 bridgehead atoms. The highest BCUT2D eigenvalue weighted by Gasteiger charge is 2.17. The molecule has 2 rings (SSSR count). The molecule has 0 saturated carbocycles. The lowest BCUT2D eigenvalue weighted by molar-refractivity contribution is -0.131. The molecule has 20 heavy (non-hydrogen) atoms. The van der Waals surface area contributed by atoms with E-state index < -0.39 is 5.97 Å². The molecule has 0 spiro atoms. The highest BCUT2D eigenvalue weighted by molar-refractivity contribution is 5.85. The molecule has 1 aliphatic heterocycles. The van der Waals surface area contributed by atoms with Gasteiger partial charge in [0.2, 0.25) is 0 Å². The summed E-state index contributed by atoms with van der Waals surface area (Å²) in [4.78, 5) is 10.5. The summed E-state index contributed by atoms with van der Waals surface area (Å²) in [7, 11) is 0. The molecule has 1 aromatic rings. The third-order valence-electron chi connectivity index (χ3n) is 3.35. The Morgan fingerprint density at radius 3 is 2.45 bits per heavy atom. The van der Waals surface area contributed by atoms with Crippen molar-refractivity contribution in [3.8, 4) is 5.75 Å². The van der Waals surface area contributed by atoms with Crippen molar-refractivity contribution < 1.29 is 19.4 Å². The molecule has 0 amide bonds. The van der Waals surface area contributed by atoms with Gasteiger partial charge in [0.05, 0.1) is 13.2 Å². The number of aliphatic carboxylic acids is 1. The van der Waals surface area contributed by atoms with Crippen LogP contribution in [0.2, 0.25) is 0 Å². The van der Waals surface area contributed by atoms with Crippen molar-refractivity contribution in [2.24, 2.45) is 0 Å². The molecule has 108 valence electrons. The smallest absolute Gasteiger partial charge is 0.328 e. The third-order valence-corrected chi connectivity index (χ3v) is 3.35. The van der Waals surface area contributed by atoms with Gasteiger partial charge in [0.1, 0.15) is 11.9 Å². The molecule has 1 heterocycles. The number of carboxylic acids is 1. The van der Waals surface area contributed by atoms with Crippen LogP contribution < -0.4 is 4.74 Å². The lowest BCUT2D eigenvalue weighted by Crippen LogP contribution is -2.26. The molecule has 0 aromatic heterocycles. The van der Waals surface area contributed by atoms with E-state index in [-0.39, 0.29) is 6.10 Å². The van der Waals surface area contributed by atoms with Crippen molar-refractivity contribution in [3.63, 3.8) is 0 Å². The van der Waals surface area contributed by atoms with Crippen LogP contribution >= 0.6 is 0 Å². The fourth-order valence-corrected chi connectivity index (χ4v) is 2.39. The van der Waals surface area contributed by atoms with Gasteiger partial charge in [-0.3, -0.25) is 0 Å². The van der Waals surface area contributed by atoms with Crippen molar-refractivity contribution in [3.05, 3.63) is 34.9 Å². The summed E-state index contributed by atoms with van der Waals surface area (Å²) in [5.41, 5.74) is 2.93. The van der Waals surface area contributed by atoms with Crippen molar-refractivity contribution in [1.82, 2.24) is 0 Å². The summed E-state index contributed by atoms with van der Waals surface area (Å²) in [6.45, 7) is 5.48. The van der Waals surface area contributed by atoms with Gasteiger partial charge in [-0.1, -0.05) is 0 Å². The fourth-order valence-electron chi connectivity index (χ4n) is 2.39. The largest absolute Gasteiger partial charge is 0.490 e. The minimum atomic E-state index is -0.942. The maximum atomic E-state index is 10.5. The lowest BCUT2D eigenvalue weighted by atomic mass is 10.0. The van der Waals surface area contributed by atoms with Gasteiger partial charge in [0.15, 0.2) is 0 Å². The zero-order valence-corrected chi connectivity index (χ0v) is 11.9. The summed E-state index contributed by atoms with van der Waals surface area (Å²) in [6.07, 6.45) is 4.79. The summed E-state index contributed by atoms with van der Waals surface area (Å²) >= 11 is 0. The maximum absolute atomic E-state index is 10.5. The van der Waals surface area contributed by atoms with Crippen LogP contribution in [0.25, 0.3) is 6.08 Å². The number of benzene rings is 1. The number of hydrogen-bond acceptors (Lipinski definition) is 3. The van der Waals surface area contributed by atoms with Gasteiger partial charge in [-0.25, -0.2) is 4.79 Å². The zero-order chi connectivity index (χ0) is 14.5. The molecule has 0 radical (unpaired) electrons. The number of aryl methyl sites for hydroxylation is 2. The van der Waals surface area contributed by atoms with Gasteiger partial charge >= 0.3 is 5.97 Å². The monoisotopic (exact) mass is 276 g/mol. The van der Waals surface area contributed by atoms with Gasteiger partial charge in [-0.15, -0.1) is 0 Å². The second-order valence-electron chi connectivity index (χ2n) is 5.08. The van der Waals surface area contributed by atoms with Gasteiger partial charge < -0.3 is 14.6 Å². The standard InChI is InChI=1S/C16H20O4/c1-11-9-13(3-4-15(17)18)10-12(2)16(11)20-14-5-7-19-8-6-14/h3-4,9-10,14H,5-8H2,1-2H3,(H,17,18). The minimum absolute atomic E-state index is 0.210. The third kappa shape index (κ3) is 3.84. The predicted octanol–water partition coefficient (Wildman–Crippen LogP) is 2.96. The van der Waals surface area contributed by atoms with E-state index in [1.54, 1.807) is 6.08 Å². The minimum Gasteiger partial charge on any atom is -0.490 e. The number of carbonyl (C=O) groups is 1. The van der Waals surface area contributed by atoms with Crippen LogP contribution in [0.15, 0.2) is 18.2 Å². The normalized spacial score (nSPS) is 16.5. The quantitative estimate of drug-likeness (QED) is 0.859. The highest BCUT2D eigenvalue weighted by Crippen LogP contribution is 2.28. The first-order valence-corrected chi connectivity index (χ1v) is 6.83. The van der Waals surface area contributed by atoms with Crippen LogP contribution in [0, 0.1) is 13.8 Å². The Labute approximate surface area is 119 Å². The maximum Gasteiger partial charge on any atom is 0.328 e. The first-order chi connectivity index (χ1) is 9.56. The molecule has 4 heteroatoms. The molecule has 0 atom stereocenters. The van der Waals surface area contributed by atoms with E-state index >= 15 is 0 Å². The number of rotatable bonds is 4. The van der Waals surface area contributed by atoms with Gasteiger partial charge in [0, 0.05) is 18.9 Å². The average molecular weight is 276 g/mol. The van der Waals surface area contributed by atoms with Crippen molar-refractivity contribution in [1.29, 1.82) is 0 Å². The van der Waals surface area contributed by atoms with E-state index in [0.717, 1.165) is 54.6 Å². The Morgan fingerprint density at radius 1 is 1.30 bits per heavy atom. The highest BCUT2D eigenvalue weighted by atomic mass is 16.5. The summed E-state index contributed by atoms with van der Waals surface area (Å²) in [6, 6.07) is 3.89. The summed E-state index contributed by atoms with van der Waals surface area (Å²) in [5, 5.41) is 8.66. The molecule has 0 unspecified atom stereocenters. The van der Waals surface area contributed by atoms with Gasteiger partial charge in [-0.2, -0.15) is 0 Å². The molecular formula is C16H20O4. The van der Waals surface area contributed by atoms with Crippen LogP contribution in [0.5, 0.6) is 5.75 Å². The predicted molar refractivity (Wildman–Crippen MR) is 77.1 cm³/mol. The van der Waals surface area contributed by atoms with Gasteiger partial charge in [0.25, 0.3) is 0 Å². The zero-order valence-electron chi connectivity index (χ0n) is 11.9. The molecule has 1 aliphatic rings. The molecule has 4 nitrogen and oxygen atoms in total. The van der Waals surface area contributed by atoms with Crippen LogP contribution in [0.3, 0.4) is 0 Å². The molecule has 1 N–H and O–H groups in total. The van der Waals surface area contributed by atoms with Crippen molar-refractivity contribution in [2.75, 3.05) is 13.2 Å². The fraction of sp³-hybridized carbons (Fsp3) is 0.438. The number of carboxylic acid groups (broad SMARTS) is 1. The van der Waals surface area contributed by atoms with Crippen molar-refractivity contribution in [2.45, 2.75) is 32.8 Å². The Kier molecular flexibility index (Phi) is 4.79. The average Bonchev–Trinajstić information content (AvgIpc) is 2.42. The Bertz CT molecular complexity index is 490. The first-order valence-electron chi connectivity index (χ1n) is 6.83. The van der Waals surface area contributed by atoms with Crippen LogP contribution in [-0.2, 0) is 9.53 Å². The molecule has 1 fully saturated rings. The Balaban J connectivity index is 2.15. The molecular weight excluding hydrogens is 256 g/mol. The topological polar surface area (TPSA) is 55.8 Å². The van der Waals surface area contributed by atoms with E-state index in [4.69, 9.17) is 14.6 Å². The lowest BCUT2D eigenvalue weighted by Gasteiger charge is -2.25. The van der Waals surface area contributed by atoms with Crippen LogP contribution in [-0.4, -0.2) is 30.4 Å². The Hall–Kier alpha value is -1.81. The van der Waals surface area contributed by atoms with Gasteiger partial charge in [-0.05, 0) is 48.7 Å². The molecule has 1 saturated heterocycles. The van der Waals surface area contributed by atoms with E-state index in [1.807, 2.05) is 26.0 Å². The second kappa shape index (κ2) is 6.57. The first kappa shape index (κ1) is 14.6. The van der Waals surface area contributed by atoms with E-state index in [9.17, 15) is 4.79 Å². The number of ether oxygens (including phenoxy) is 2.